The Morgan fingerprint density at radius 2 is 1.97 bits per heavy atom. The van der Waals surface area contributed by atoms with Gasteiger partial charge in [0.15, 0.2) is 12.6 Å². The molecule has 0 fully saturated rings. The van der Waals surface area contributed by atoms with E-state index in [1.807, 2.05) is 0 Å². The average Bonchev–Trinajstić information content (AvgIpc) is 3.43. The number of allylic oxidation sites excluding steroid dienone is 5. The molecule has 3 aliphatic heterocycles. The molecule has 4 unspecified atom stereocenters. The molecular formula is C28H36NO+. The van der Waals surface area contributed by atoms with Gasteiger partial charge in [0.2, 0.25) is 0 Å². The Bertz CT molecular complexity index is 953. The summed E-state index contributed by atoms with van der Waals surface area (Å²) in [6.07, 6.45) is 21.0. The molecular weight excluding hydrogens is 366 g/mol. The summed E-state index contributed by atoms with van der Waals surface area (Å²) in [5, 5.41) is 0. The van der Waals surface area contributed by atoms with Crippen LogP contribution in [0.4, 0.5) is 0 Å². The zero-order valence-corrected chi connectivity index (χ0v) is 18.9. The molecule has 0 aromatic carbocycles. The first-order valence-corrected chi connectivity index (χ1v) is 12.4. The third-order valence-corrected chi connectivity index (χ3v) is 8.90. The third kappa shape index (κ3) is 2.86. The summed E-state index contributed by atoms with van der Waals surface area (Å²) >= 11 is 0. The third-order valence-electron chi connectivity index (χ3n) is 8.90. The van der Waals surface area contributed by atoms with Crippen LogP contribution in [0.1, 0.15) is 65.7 Å². The van der Waals surface area contributed by atoms with Gasteiger partial charge in [-0.15, -0.1) is 0 Å². The molecule has 0 aromatic heterocycles. The lowest BCUT2D eigenvalue weighted by Gasteiger charge is -2.27. The SMILES string of the molecule is CC(C)[C@H](C)C1C=[N+]2CC3=C(C4=C(CC3)C3C=C(C5=CC=CCC5)CCC3O4)C2C1. The van der Waals surface area contributed by atoms with Crippen LogP contribution in [-0.2, 0) is 4.74 Å². The standard InChI is InChI=1S/C28H36NO/c1-17(2)18(3)22-14-25-27-21(15-29(25)16-22)9-11-23-24-13-20(19-7-5-4-6-8-19)10-12-26(24)30-28(23)27/h4-5,7,13,16-18,22,24-26H,6,8-12,14-15H2,1-3H3/q+1/t18-,22?,24?,25?,26?/m0/s1. The van der Waals surface area contributed by atoms with Crippen LogP contribution in [0.5, 0.6) is 0 Å². The topological polar surface area (TPSA) is 12.2 Å². The Balaban J connectivity index is 1.29. The van der Waals surface area contributed by atoms with E-state index in [9.17, 15) is 0 Å². The van der Waals surface area contributed by atoms with E-state index in [1.165, 1.54) is 50.7 Å². The van der Waals surface area contributed by atoms with Gasteiger partial charge in [-0.2, -0.15) is 0 Å². The van der Waals surface area contributed by atoms with E-state index in [4.69, 9.17) is 4.74 Å². The molecule has 0 bridgehead atoms. The molecule has 0 aromatic rings. The van der Waals surface area contributed by atoms with Gasteiger partial charge in [0, 0.05) is 23.8 Å². The monoisotopic (exact) mass is 402 g/mol. The molecule has 0 amide bonds. The average molecular weight is 403 g/mol. The second-order valence-corrected chi connectivity index (χ2v) is 10.8. The highest BCUT2D eigenvalue weighted by Gasteiger charge is 2.51. The zero-order chi connectivity index (χ0) is 20.4. The number of rotatable bonds is 3. The van der Waals surface area contributed by atoms with Gasteiger partial charge >= 0.3 is 0 Å². The van der Waals surface area contributed by atoms with Crippen molar-refractivity contribution >= 4 is 6.21 Å². The summed E-state index contributed by atoms with van der Waals surface area (Å²) in [6.45, 7) is 8.34. The van der Waals surface area contributed by atoms with Gasteiger partial charge in [-0.1, -0.05) is 45.1 Å². The van der Waals surface area contributed by atoms with Gasteiger partial charge in [-0.05, 0) is 67.1 Å². The van der Waals surface area contributed by atoms with E-state index in [2.05, 4.69) is 55.9 Å². The lowest BCUT2D eigenvalue weighted by atomic mass is 9.76. The largest absolute Gasteiger partial charge is 0.489 e. The van der Waals surface area contributed by atoms with Crippen LogP contribution < -0.4 is 0 Å². The molecule has 6 aliphatic rings. The summed E-state index contributed by atoms with van der Waals surface area (Å²) in [5.41, 5.74) is 8.09. The van der Waals surface area contributed by atoms with Crippen LogP contribution in [0.2, 0.25) is 0 Å². The maximum atomic E-state index is 6.77. The molecule has 0 N–H and O–H groups in total. The van der Waals surface area contributed by atoms with Crippen molar-refractivity contribution in [2.24, 2.45) is 23.7 Å². The minimum atomic E-state index is 0.384. The Kier molecular flexibility index (Phi) is 4.48. The van der Waals surface area contributed by atoms with Crippen LogP contribution >= 0.6 is 0 Å². The minimum Gasteiger partial charge on any atom is -0.489 e. The molecule has 2 nitrogen and oxygen atoms in total. The Hall–Kier alpha value is -1.83. The first-order valence-electron chi connectivity index (χ1n) is 12.4. The fraction of sp³-hybridized carbons (Fsp3) is 0.607. The molecule has 5 atom stereocenters. The van der Waals surface area contributed by atoms with Crippen LogP contribution in [0.3, 0.4) is 0 Å². The van der Waals surface area contributed by atoms with Crippen molar-refractivity contribution in [1.29, 1.82) is 0 Å². The molecule has 0 spiro atoms. The van der Waals surface area contributed by atoms with Crippen LogP contribution in [0.15, 0.2) is 57.9 Å². The second-order valence-electron chi connectivity index (χ2n) is 10.8. The molecule has 2 heteroatoms. The zero-order valence-electron chi connectivity index (χ0n) is 18.9. The van der Waals surface area contributed by atoms with Crippen molar-refractivity contribution in [2.45, 2.75) is 77.9 Å². The van der Waals surface area contributed by atoms with Crippen molar-refractivity contribution in [3.63, 3.8) is 0 Å². The predicted octanol–water partition coefficient (Wildman–Crippen LogP) is 6.12. The van der Waals surface area contributed by atoms with E-state index in [1.54, 1.807) is 27.9 Å². The quantitative estimate of drug-likeness (QED) is 0.518. The van der Waals surface area contributed by atoms with Gasteiger partial charge in [0.25, 0.3) is 0 Å². The minimum absolute atomic E-state index is 0.384. The Morgan fingerprint density at radius 1 is 1.07 bits per heavy atom. The highest BCUT2D eigenvalue weighted by Crippen LogP contribution is 2.52. The molecule has 3 aliphatic carbocycles. The molecule has 0 saturated carbocycles. The maximum Gasteiger partial charge on any atom is 0.182 e. The normalized spacial score (nSPS) is 35.4. The first-order chi connectivity index (χ1) is 14.6. The summed E-state index contributed by atoms with van der Waals surface area (Å²) in [5.74, 6) is 4.08. The number of nitrogens with zero attached hydrogens (tertiary/aromatic N) is 1. The van der Waals surface area contributed by atoms with Gasteiger partial charge in [0.1, 0.15) is 18.1 Å². The van der Waals surface area contributed by atoms with Gasteiger partial charge in [-0.3, -0.25) is 0 Å². The fourth-order valence-corrected chi connectivity index (χ4v) is 6.82. The molecule has 30 heavy (non-hydrogen) atoms. The van der Waals surface area contributed by atoms with Crippen molar-refractivity contribution in [1.82, 2.24) is 0 Å². The number of hydrogen-bond donors (Lipinski definition) is 0. The van der Waals surface area contributed by atoms with Crippen LogP contribution in [0, 0.1) is 23.7 Å². The van der Waals surface area contributed by atoms with E-state index in [-0.39, 0.29) is 0 Å². The van der Waals surface area contributed by atoms with Gasteiger partial charge in [-0.25, -0.2) is 4.58 Å². The number of fused-ring (bicyclic) bond motifs is 5. The van der Waals surface area contributed by atoms with Crippen LogP contribution in [-0.4, -0.2) is 29.5 Å². The predicted molar refractivity (Wildman–Crippen MR) is 123 cm³/mol. The molecule has 3 heterocycles. The summed E-state index contributed by atoms with van der Waals surface area (Å²) in [7, 11) is 0. The van der Waals surface area contributed by atoms with E-state index < -0.39 is 0 Å². The van der Waals surface area contributed by atoms with E-state index >= 15 is 0 Å². The first kappa shape index (κ1) is 18.9. The summed E-state index contributed by atoms with van der Waals surface area (Å²) < 4.78 is 9.44. The number of ether oxygens (including phenoxy) is 1. The second kappa shape index (κ2) is 7.11. The Labute approximate surface area is 181 Å². The fourth-order valence-electron chi connectivity index (χ4n) is 6.82. The van der Waals surface area contributed by atoms with Crippen LogP contribution in [0.25, 0.3) is 0 Å². The molecule has 158 valence electrons. The van der Waals surface area contributed by atoms with Crippen molar-refractivity contribution in [2.75, 3.05) is 6.54 Å². The van der Waals surface area contributed by atoms with E-state index in [0.717, 1.165) is 24.3 Å². The van der Waals surface area contributed by atoms with Crippen molar-refractivity contribution in [3.8, 4) is 0 Å². The van der Waals surface area contributed by atoms with Gasteiger partial charge < -0.3 is 4.74 Å². The van der Waals surface area contributed by atoms with E-state index in [0.29, 0.717) is 18.1 Å². The number of hydrogen-bond acceptors (Lipinski definition) is 1. The van der Waals surface area contributed by atoms with Gasteiger partial charge in [0.05, 0.1) is 5.57 Å². The molecule has 0 radical (unpaired) electrons. The summed E-state index contributed by atoms with van der Waals surface area (Å²) in [6, 6.07) is 0.575. The molecule has 6 rings (SSSR count). The maximum absolute atomic E-state index is 6.77. The lowest BCUT2D eigenvalue weighted by molar-refractivity contribution is -0.527. The highest BCUT2D eigenvalue weighted by molar-refractivity contribution is 5.61. The summed E-state index contributed by atoms with van der Waals surface area (Å²) in [4.78, 5) is 0. The Morgan fingerprint density at radius 3 is 2.77 bits per heavy atom. The van der Waals surface area contributed by atoms with Crippen molar-refractivity contribution < 1.29 is 9.31 Å². The smallest absolute Gasteiger partial charge is 0.182 e. The molecule has 0 saturated heterocycles. The lowest BCUT2D eigenvalue weighted by Crippen LogP contribution is -2.22. The van der Waals surface area contributed by atoms with Crippen molar-refractivity contribution in [3.05, 3.63) is 57.9 Å². The highest BCUT2D eigenvalue weighted by atomic mass is 16.5.